The molecular weight excluding hydrogens is 607 g/mol. The van der Waals surface area contributed by atoms with Crippen molar-refractivity contribution < 1.29 is 9.31 Å². The van der Waals surface area contributed by atoms with Crippen molar-refractivity contribution in [3.63, 3.8) is 0 Å². The normalized spacial score (nSPS) is 18.6. The lowest BCUT2D eigenvalue weighted by Crippen LogP contribution is -2.41. The van der Waals surface area contributed by atoms with Crippen molar-refractivity contribution in [3.05, 3.63) is 111 Å². The molecule has 0 unspecified atom stereocenters. The third-order valence-corrected chi connectivity index (χ3v) is 10.6. The maximum absolute atomic E-state index is 9.26. The first kappa shape index (κ1) is 30.4. The zero-order valence-corrected chi connectivity index (χ0v) is 28.2. The van der Waals surface area contributed by atoms with E-state index in [4.69, 9.17) is 14.6 Å². The fourth-order valence-electron chi connectivity index (χ4n) is 6.73. The maximum Gasteiger partial charge on any atom is 0.494 e. The Kier molecular flexibility index (Phi) is 7.02. The van der Waals surface area contributed by atoms with Crippen LogP contribution in [0.3, 0.4) is 0 Å². The fourth-order valence-corrected chi connectivity index (χ4v) is 7.09. The van der Waals surface area contributed by atoms with Gasteiger partial charge in [-0.2, -0.15) is 10.5 Å². The number of hydrogen-bond donors (Lipinski definition) is 0. The predicted molar refractivity (Wildman–Crippen MR) is 181 cm³/mol. The van der Waals surface area contributed by atoms with Crippen molar-refractivity contribution in [2.75, 3.05) is 0 Å². The van der Waals surface area contributed by atoms with Gasteiger partial charge in [0.05, 0.1) is 34.5 Å². The van der Waals surface area contributed by atoms with Crippen molar-refractivity contribution in [1.29, 1.82) is 10.5 Å². The Morgan fingerprint density at radius 2 is 0.932 bits per heavy atom. The Labute approximate surface area is 269 Å². The number of benzene rings is 4. The smallest absolute Gasteiger partial charge is 0.399 e. The molecular formula is C38H36BBrN2O2. The summed E-state index contributed by atoms with van der Waals surface area (Å²) < 4.78 is 13.6. The summed E-state index contributed by atoms with van der Waals surface area (Å²) in [6.07, 6.45) is 0. The molecule has 0 bridgehead atoms. The van der Waals surface area contributed by atoms with Gasteiger partial charge in [-0.15, -0.1) is 0 Å². The van der Waals surface area contributed by atoms with Crippen LogP contribution < -0.4 is 5.46 Å². The highest BCUT2D eigenvalue weighted by atomic mass is 79.9. The van der Waals surface area contributed by atoms with Gasteiger partial charge < -0.3 is 9.31 Å². The standard InChI is InChI=1S/C22H24BNO2.C16H12BrN/c1-20(2)18-11-14(13-24)7-9-16(18)17-10-8-15(12-19(17)20)23-25-21(3,4)22(5,6)26-23;1-16(2)14-7-10(9-18)3-5-12(14)13-6-4-11(17)8-15(13)16/h7-12H,1-6H3;3-8H,1-2H3. The molecule has 4 nitrogen and oxygen atoms in total. The topological polar surface area (TPSA) is 66.0 Å². The summed E-state index contributed by atoms with van der Waals surface area (Å²) in [7, 11) is -0.362. The van der Waals surface area contributed by atoms with E-state index in [0.29, 0.717) is 5.56 Å². The van der Waals surface area contributed by atoms with E-state index in [2.05, 4.69) is 132 Å². The van der Waals surface area contributed by atoms with Gasteiger partial charge in [0.1, 0.15) is 0 Å². The van der Waals surface area contributed by atoms with E-state index >= 15 is 0 Å². The van der Waals surface area contributed by atoms with Crippen molar-refractivity contribution >= 4 is 28.5 Å². The van der Waals surface area contributed by atoms with E-state index in [1.807, 2.05) is 24.3 Å². The summed E-state index contributed by atoms with van der Waals surface area (Å²) in [5.41, 5.74) is 11.6. The van der Waals surface area contributed by atoms with Crippen LogP contribution in [-0.2, 0) is 20.1 Å². The Bertz CT molecular complexity index is 1910. The van der Waals surface area contributed by atoms with Gasteiger partial charge in [-0.1, -0.05) is 80.0 Å². The van der Waals surface area contributed by atoms with E-state index in [9.17, 15) is 5.26 Å². The Hall–Kier alpha value is -3.68. The summed E-state index contributed by atoms with van der Waals surface area (Å²) in [5.74, 6) is 0. The number of fused-ring (bicyclic) bond motifs is 6. The van der Waals surface area contributed by atoms with Crippen LogP contribution in [-0.4, -0.2) is 18.3 Å². The van der Waals surface area contributed by atoms with Crippen LogP contribution in [0, 0.1) is 22.7 Å². The van der Waals surface area contributed by atoms with E-state index in [-0.39, 0.29) is 29.2 Å². The molecule has 4 aromatic rings. The molecule has 7 rings (SSSR count). The average molecular weight is 643 g/mol. The van der Waals surface area contributed by atoms with Crippen LogP contribution in [0.15, 0.2) is 77.3 Å². The van der Waals surface area contributed by atoms with E-state index < -0.39 is 0 Å². The number of halogens is 1. The van der Waals surface area contributed by atoms with Crippen LogP contribution in [0.25, 0.3) is 22.3 Å². The number of rotatable bonds is 1. The van der Waals surface area contributed by atoms with Crippen LogP contribution in [0.1, 0.15) is 88.8 Å². The van der Waals surface area contributed by atoms with E-state index in [1.54, 1.807) is 0 Å². The molecule has 1 aliphatic heterocycles. The quantitative estimate of drug-likeness (QED) is 0.195. The number of hydrogen-bond acceptors (Lipinski definition) is 4. The molecule has 1 fully saturated rings. The fraction of sp³-hybridized carbons (Fsp3) is 0.316. The zero-order chi connectivity index (χ0) is 31.8. The number of nitriles is 2. The molecule has 0 spiro atoms. The zero-order valence-electron chi connectivity index (χ0n) is 26.6. The van der Waals surface area contributed by atoms with Crippen molar-refractivity contribution in [2.24, 2.45) is 0 Å². The maximum atomic E-state index is 9.26. The molecule has 2 aliphatic carbocycles. The molecule has 6 heteroatoms. The first-order valence-corrected chi connectivity index (χ1v) is 15.8. The van der Waals surface area contributed by atoms with Gasteiger partial charge >= 0.3 is 7.12 Å². The summed E-state index contributed by atoms with van der Waals surface area (Å²) >= 11 is 3.54. The third kappa shape index (κ3) is 4.64. The summed E-state index contributed by atoms with van der Waals surface area (Å²) in [4.78, 5) is 0. The lowest BCUT2D eigenvalue weighted by atomic mass is 9.74. The molecule has 0 amide bonds. The molecule has 4 aromatic carbocycles. The highest BCUT2D eigenvalue weighted by Crippen LogP contribution is 2.50. The van der Waals surface area contributed by atoms with Crippen molar-refractivity contribution in [2.45, 2.75) is 77.4 Å². The molecule has 3 aliphatic rings. The monoisotopic (exact) mass is 642 g/mol. The Balaban J connectivity index is 0.000000167. The Morgan fingerprint density at radius 3 is 1.39 bits per heavy atom. The average Bonchev–Trinajstić information content (AvgIpc) is 3.45. The first-order chi connectivity index (χ1) is 20.6. The molecule has 1 heterocycles. The van der Waals surface area contributed by atoms with Crippen LogP contribution in [0.5, 0.6) is 0 Å². The summed E-state index contributed by atoms with van der Waals surface area (Å²) in [5, 5.41) is 18.3. The summed E-state index contributed by atoms with van der Waals surface area (Å²) in [6, 6.07) is 29.3. The minimum Gasteiger partial charge on any atom is -0.399 e. The SMILES string of the molecule is CC1(C)c2cc(Br)ccc2-c2ccc(C#N)cc21.CC1(C)c2cc(C#N)ccc2-c2ccc(B3OC(C)(C)C(C)(C)O3)cc21. The van der Waals surface area contributed by atoms with Gasteiger partial charge in [-0.05, 0) is 114 Å². The highest BCUT2D eigenvalue weighted by molar-refractivity contribution is 9.10. The second-order valence-electron chi connectivity index (χ2n) is 14.1. The van der Waals surface area contributed by atoms with Crippen molar-refractivity contribution in [3.8, 4) is 34.4 Å². The van der Waals surface area contributed by atoms with Gasteiger partial charge in [0.25, 0.3) is 0 Å². The largest absolute Gasteiger partial charge is 0.494 e. The molecule has 1 saturated heterocycles. The van der Waals surface area contributed by atoms with E-state index in [1.165, 1.54) is 44.5 Å². The molecule has 0 aromatic heterocycles. The van der Waals surface area contributed by atoms with Crippen molar-refractivity contribution in [1.82, 2.24) is 0 Å². The lowest BCUT2D eigenvalue weighted by Gasteiger charge is -2.32. The molecule has 0 N–H and O–H groups in total. The van der Waals surface area contributed by atoms with Gasteiger partial charge in [-0.3, -0.25) is 0 Å². The van der Waals surface area contributed by atoms with Gasteiger partial charge in [0.15, 0.2) is 0 Å². The third-order valence-electron chi connectivity index (χ3n) is 10.1. The Morgan fingerprint density at radius 1 is 0.545 bits per heavy atom. The van der Waals surface area contributed by atoms with Gasteiger partial charge in [-0.25, -0.2) is 0 Å². The van der Waals surface area contributed by atoms with Gasteiger partial charge in [0.2, 0.25) is 0 Å². The van der Waals surface area contributed by atoms with Gasteiger partial charge in [0, 0.05) is 15.3 Å². The second-order valence-corrected chi connectivity index (χ2v) is 15.0. The van der Waals surface area contributed by atoms with Crippen LogP contribution in [0.4, 0.5) is 0 Å². The molecule has 0 saturated carbocycles. The molecule has 44 heavy (non-hydrogen) atoms. The second kappa shape index (κ2) is 10.2. The molecule has 0 atom stereocenters. The lowest BCUT2D eigenvalue weighted by molar-refractivity contribution is 0.00578. The van der Waals surface area contributed by atoms with Crippen LogP contribution in [0.2, 0.25) is 0 Å². The van der Waals surface area contributed by atoms with Crippen LogP contribution >= 0.6 is 15.9 Å². The minimum atomic E-state index is -0.362. The summed E-state index contributed by atoms with van der Waals surface area (Å²) in [6.45, 7) is 17.1. The number of nitrogens with zero attached hydrogens (tertiary/aromatic N) is 2. The molecule has 0 radical (unpaired) electrons. The highest BCUT2D eigenvalue weighted by Gasteiger charge is 2.52. The predicted octanol–water partition coefficient (Wildman–Crippen LogP) is 8.79. The minimum absolute atomic E-state index is 0.0404. The van der Waals surface area contributed by atoms with E-state index in [0.717, 1.165) is 15.5 Å². The first-order valence-electron chi connectivity index (χ1n) is 15.0. The molecule has 220 valence electrons.